The molecule has 1 aromatic carbocycles. The maximum Gasteiger partial charge on any atom is 0.299 e. The molecule has 1 N–H and O–H groups in total. The third-order valence-corrected chi connectivity index (χ3v) is 2.65. The van der Waals surface area contributed by atoms with Crippen LogP contribution in [0.5, 0.6) is 0 Å². The number of rotatable bonds is 2. The summed E-state index contributed by atoms with van der Waals surface area (Å²) in [6.45, 7) is -0.487. The highest BCUT2D eigenvalue weighted by Gasteiger charge is 2.39. The van der Waals surface area contributed by atoms with Crippen LogP contribution in [0, 0.1) is 5.82 Å². The third kappa shape index (κ3) is 1.40. The summed E-state index contributed by atoms with van der Waals surface area (Å²) in [7, 11) is 0. The normalized spacial score (nSPS) is 14.6. The lowest BCUT2D eigenvalue weighted by Crippen LogP contribution is -2.32. The van der Waals surface area contributed by atoms with Gasteiger partial charge in [0.05, 0.1) is 22.9 Å². The molecule has 2 rings (SSSR count). The number of anilines is 1. The van der Waals surface area contributed by atoms with Crippen LogP contribution in [0.4, 0.5) is 10.1 Å². The van der Waals surface area contributed by atoms with E-state index >= 15 is 0 Å². The highest BCUT2D eigenvalue weighted by Crippen LogP contribution is 2.36. The molecular weight excluding hydrogens is 237 g/mol. The van der Waals surface area contributed by atoms with Crippen LogP contribution in [-0.4, -0.2) is 29.9 Å². The van der Waals surface area contributed by atoms with Crippen molar-refractivity contribution in [1.29, 1.82) is 0 Å². The lowest BCUT2D eigenvalue weighted by atomic mass is 10.1. The summed E-state index contributed by atoms with van der Waals surface area (Å²) in [5, 5.41) is 8.79. The van der Waals surface area contributed by atoms with Gasteiger partial charge in [-0.25, -0.2) is 4.39 Å². The van der Waals surface area contributed by atoms with Gasteiger partial charge in [0.2, 0.25) is 0 Å². The topological polar surface area (TPSA) is 57.6 Å². The minimum absolute atomic E-state index is 0.0372. The van der Waals surface area contributed by atoms with E-state index in [-0.39, 0.29) is 29.4 Å². The van der Waals surface area contributed by atoms with Crippen LogP contribution in [0.1, 0.15) is 10.4 Å². The number of ketones is 1. The summed E-state index contributed by atoms with van der Waals surface area (Å²) in [4.78, 5) is 23.9. The Labute approximate surface area is 95.2 Å². The highest BCUT2D eigenvalue weighted by atomic mass is 35.5. The molecule has 0 aromatic heterocycles. The van der Waals surface area contributed by atoms with Crippen molar-refractivity contribution in [1.82, 2.24) is 0 Å². The number of amides is 1. The number of Topliss-reactive ketones (excluding diaryl/α,β-unsaturated/α-hetero) is 1. The molecule has 1 heterocycles. The van der Waals surface area contributed by atoms with E-state index < -0.39 is 17.5 Å². The summed E-state index contributed by atoms with van der Waals surface area (Å²) in [5.74, 6) is -2.41. The Morgan fingerprint density at radius 3 is 2.69 bits per heavy atom. The number of fused-ring (bicyclic) bond motifs is 1. The average Bonchev–Trinajstić information content (AvgIpc) is 2.50. The Kier molecular flexibility index (Phi) is 2.65. The minimum Gasteiger partial charge on any atom is -0.395 e. The molecule has 0 radical (unpaired) electrons. The fourth-order valence-electron chi connectivity index (χ4n) is 1.67. The van der Waals surface area contributed by atoms with Crippen LogP contribution in [0.3, 0.4) is 0 Å². The van der Waals surface area contributed by atoms with Gasteiger partial charge in [0.1, 0.15) is 5.82 Å². The largest absolute Gasteiger partial charge is 0.395 e. The molecule has 6 heteroatoms. The monoisotopic (exact) mass is 243 g/mol. The van der Waals surface area contributed by atoms with Gasteiger partial charge in [-0.15, -0.1) is 0 Å². The number of carbonyl (C=O) groups is 2. The number of halogens is 2. The van der Waals surface area contributed by atoms with Gasteiger partial charge < -0.3 is 5.11 Å². The van der Waals surface area contributed by atoms with Crippen LogP contribution in [0.25, 0.3) is 0 Å². The van der Waals surface area contributed by atoms with Crippen LogP contribution >= 0.6 is 11.6 Å². The molecule has 1 amide bonds. The standard InChI is InChI=1S/C10H7ClFNO3/c11-5-1-2-6(12)8-7(5)9(15)10(16)13(8)3-4-14/h1-2,14H,3-4H2. The summed E-state index contributed by atoms with van der Waals surface area (Å²) in [6, 6.07) is 2.31. The molecule has 0 saturated heterocycles. The van der Waals surface area contributed by atoms with E-state index in [1.54, 1.807) is 0 Å². The van der Waals surface area contributed by atoms with Crippen molar-refractivity contribution in [2.45, 2.75) is 0 Å². The van der Waals surface area contributed by atoms with Crippen molar-refractivity contribution < 1.29 is 19.1 Å². The molecular formula is C10H7ClFNO3. The Bertz CT molecular complexity index is 489. The van der Waals surface area contributed by atoms with Gasteiger partial charge >= 0.3 is 0 Å². The Hall–Kier alpha value is -1.46. The predicted octanol–water partition coefficient (Wildman–Crippen LogP) is 1.00. The van der Waals surface area contributed by atoms with Gasteiger partial charge in [-0.3, -0.25) is 14.5 Å². The molecule has 0 fully saturated rings. The van der Waals surface area contributed by atoms with E-state index in [1.165, 1.54) is 6.07 Å². The molecule has 4 nitrogen and oxygen atoms in total. The zero-order valence-electron chi connectivity index (χ0n) is 8.04. The average molecular weight is 244 g/mol. The zero-order chi connectivity index (χ0) is 11.9. The van der Waals surface area contributed by atoms with Crippen molar-refractivity contribution in [3.63, 3.8) is 0 Å². The van der Waals surface area contributed by atoms with Crippen molar-refractivity contribution in [3.8, 4) is 0 Å². The van der Waals surface area contributed by atoms with Crippen LogP contribution < -0.4 is 4.90 Å². The van der Waals surface area contributed by atoms with Crippen molar-refractivity contribution in [3.05, 3.63) is 28.5 Å². The summed E-state index contributed by atoms with van der Waals surface area (Å²) >= 11 is 5.74. The van der Waals surface area contributed by atoms with Gasteiger partial charge in [-0.05, 0) is 12.1 Å². The number of nitrogens with zero attached hydrogens (tertiary/aromatic N) is 1. The fourth-order valence-corrected chi connectivity index (χ4v) is 1.90. The number of carbonyl (C=O) groups excluding carboxylic acids is 2. The van der Waals surface area contributed by atoms with E-state index in [2.05, 4.69) is 0 Å². The first-order chi connectivity index (χ1) is 7.57. The smallest absolute Gasteiger partial charge is 0.299 e. The van der Waals surface area contributed by atoms with Crippen LogP contribution in [-0.2, 0) is 4.79 Å². The molecule has 0 bridgehead atoms. The van der Waals surface area contributed by atoms with Gasteiger partial charge in [0.25, 0.3) is 11.7 Å². The first-order valence-electron chi connectivity index (χ1n) is 4.53. The molecule has 0 spiro atoms. The maximum atomic E-state index is 13.5. The zero-order valence-corrected chi connectivity index (χ0v) is 8.79. The van der Waals surface area contributed by atoms with Crippen LogP contribution in [0.2, 0.25) is 5.02 Å². The Balaban J connectivity index is 2.64. The maximum absolute atomic E-state index is 13.5. The van der Waals surface area contributed by atoms with E-state index in [1.807, 2.05) is 0 Å². The van der Waals surface area contributed by atoms with E-state index in [0.717, 1.165) is 11.0 Å². The molecule has 1 aromatic rings. The quantitative estimate of drug-likeness (QED) is 0.789. The number of β-amino-alcohol motifs (C(OH)–C–C–N with tert-alkyl or cyclic N) is 1. The van der Waals surface area contributed by atoms with Gasteiger partial charge in [-0.1, -0.05) is 11.6 Å². The number of benzene rings is 1. The first kappa shape index (κ1) is 11.0. The Morgan fingerprint density at radius 2 is 2.06 bits per heavy atom. The molecule has 0 saturated carbocycles. The molecule has 1 aliphatic heterocycles. The van der Waals surface area contributed by atoms with Crippen LogP contribution in [0.15, 0.2) is 12.1 Å². The molecule has 0 aliphatic carbocycles. The molecule has 84 valence electrons. The van der Waals surface area contributed by atoms with E-state index in [4.69, 9.17) is 16.7 Å². The number of hydrogen-bond acceptors (Lipinski definition) is 3. The predicted molar refractivity (Wildman–Crippen MR) is 55.2 cm³/mol. The van der Waals surface area contributed by atoms with Gasteiger partial charge in [0.15, 0.2) is 0 Å². The summed E-state index contributed by atoms with van der Waals surface area (Å²) in [5.41, 5.74) is -0.267. The summed E-state index contributed by atoms with van der Waals surface area (Å²) < 4.78 is 13.5. The minimum atomic E-state index is -0.865. The molecule has 1 aliphatic rings. The number of aliphatic hydroxyl groups excluding tert-OH is 1. The second kappa shape index (κ2) is 3.84. The van der Waals surface area contributed by atoms with E-state index in [9.17, 15) is 14.0 Å². The van der Waals surface area contributed by atoms with Gasteiger partial charge in [0, 0.05) is 6.54 Å². The van der Waals surface area contributed by atoms with Crippen molar-refractivity contribution in [2.75, 3.05) is 18.1 Å². The van der Waals surface area contributed by atoms with Crippen molar-refractivity contribution >= 4 is 29.0 Å². The number of hydrogen-bond donors (Lipinski definition) is 1. The molecule has 0 unspecified atom stereocenters. The molecule has 0 atom stereocenters. The fraction of sp³-hybridized carbons (Fsp3) is 0.200. The second-order valence-corrected chi connectivity index (χ2v) is 3.67. The Morgan fingerprint density at radius 1 is 1.38 bits per heavy atom. The highest BCUT2D eigenvalue weighted by molar-refractivity contribution is 6.55. The van der Waals surface area contributed by atoms with Crippen molar-refractivity contribution in [2.24, 2.45) is 0 Å². The lowest BCUT2D eigenvalue weighted by molar-refractivity contribution is -0.114. The second-order valence-electron chi connectivity index (χ2n) is 3.26. The first-order valence-corrected chi connectivity index (χ1v) is 4.90. The van der Waals surface area contributed by atoms with E-state index in [0.29, 0.717) is 0 Å². The SMILES string of the molecule is O=C1C(=O)N(CCO)c2c(F)ccc(Cl)c21. The van der Waals surface area contributed by atoms with Gasteiger partial charge in [-0.2, -0.15) is 0 Å². The molecule has 16 heavy (non-hydrogen) atoms. The number of aliphatic hydroxyl groups is 1. The summed E-state index contributed by atoms with van der Waals surface area (Å²) in [6.07, 6.45) is 0. The third-order valence-electron chi connectivity index (χ3n) is 2.34. The lowest BCUT2D eigenvalue weighted by Gasteiger charge is -2.15.